The zero-order valence-electron chi connectivity index (χ0n) is 15.6. The van der Waals surface area contributed by atoms with E-state index in [4.69, 9.17) is 14.5 Å². The maximum Gasteiger partial charge on any atom is 0.191 e. The van der Waals surface area contributed by atoms with Crippen molar-refractivity contribution in [3.8, 4) is 5.75 Å². The Balaban J connectivity index is 1.79. The van der Waals surface area contributed by atoms with Crippen LogP contribution in [0.2, 0.25) is 0 Å². The van der Waals surface area contributed by atoms with Crippen molar-refractivity contribution in [3.05, 3.63) is 29.8 Å². The standard InChI is InChI=1S/C19H29F2N3O2/c1-3-22-18(24-14-19(7-4-8-19)9-11-25-2)23-10-12-26-17-6-5-15(20)13-16(17)21/h5-6,13H,3-4,7-12,14H2,1-2H3,(H2,22,23,24). The Labute approximate surface area is 154 Å². The number of guanidine groups is 1. The lowest BCUT2D eigenvalue weighted by Crippen LogP contribution is -2.41. The van der Waals surface area contributed by atoms with Crippen LogP contribution in [0.3, 0.4) is 0 Å². The number of nitrogens with zero attached hydrogens (tertiary/aromatic N) is 1. The van der Waals surface area contributed by atoms with Crippen LogP contribution in [0.15, 0.2) is 23.2 Å². The lowest BCUT2D eigenvalue weighted by atomic mass is 9.67. The first kappa shape index (κ1) is 20.4. The molecule has 0 aromatic heterocycles. The molecule has 0 bridgehead atoms. The van der Waals surface area contributed by atoms with Crippen LogP contribution >= 0.6 is 0 Å². The Morgan fingerprint density at radius 3 is 2.65 bits per heavy atom. The van der Waals surface area contributed by atoms with E-state index in [9.17, 15) is 8.78 Å². The van der Waals surface area contributed by atoms with Crippen molar-refractivity contribution in [2.75, 3.05) is 40.0 Å². The Morgan fingerprint density at radius 2 is 2.04 bits per heavy atom. The number of nitrogens with one attached hydrogen (secondary N) is 2. The van der Waals surface area contributed by atoms with Gasteiger partial charge in [0.2, 0.25) is 0 Å². The van der Waals surface area contributed by atoms with E-state index in [1.54, 1.807) is 7.11 Å². The first-order valence-electron chi connectivity index (χ1n) is 9.17. The molecular weight excluding hydrogens is 340 g/mol. The van der Waals surface area contributed by atoms with Crippen LogP contribution in [0.1, 0.15) is 32.6 Å². The summed E-state index contributed by atoms with van der Waals surface area (Å²) in [5, 5.41) is 6.39. The molecule has 7 heteroatoms. The van der Waals surface area contributed by atoms with Gasteiger partial charge in [0.15, 0.2) is 17.5 Å². The molecule has 0 unspecified atom stereocenters. The van der Waals surface area contributed by atoms with Gasteiger partial charge in [0.1, 0.15) is 12.4 Å². The van der Waals surface area contributed by atoms with Crippen molar-refractivity contribution < 1.29 is 18.3 Å². The molecule has 0 radical (unpaired) electrons. The first-order chi connectivity index (χ1) is 12.6. The maximum absolute atomic E-state index is 13.5. The highest BCUT2D eigenvalue weighted by Crippen LogP contribution is 2.44. The number of methoxy groups -OCH3 is 1. The minimum absolute atomic E-state index is 0.0446. The molecule has 2 N–H and O–H groups in total. The highest BCUT2D eigenvalue weighted by atomic mass is 19.1. The first-order valence-corrected chi connectivity index (χ1v) is 9.17. The molecule has 0 heterocycles. The van der Waals surface area contributed by atoms with Crippen LogP contribution in [0.5, 0.6) is 5.75 Å². The summed E-state index contributed by atoms with van der Waals surface area (Å²) in [6.07, 6.45) is 4.65. The highest BCUT2D eigenvalue weighted by molar-refractivity contribution is 5.79. The Hall–Kier alpha value is -1.89. The lowest BCUT2D eigenvalue weighted by molar-refractivity contribution is 0.0778. The van der Waals surface area contributed by atoms with E-state index >= 15 is 0 Å². The van der Waals surface area contributed by atoms with Crippen LogP contribution in [0.25, 0.3) is 0 Å². The maximum atomic E-state index is 13.5. The molecular formula is C19H29F2N3O2. The van der Waals surface area contributed by atoms with Crippen molar-refractivity contribution in [2.24, 2.45) is 10.4 Å². The molecule has 1 aromatic carbocycles. The van der Waals surface area contributed by atoms with Crippen molar-refractivity contribution in [3.63, 3.8) is 0 Å². The minimum Gasteiger partial charge on any atom is -0.489 e. The van der Waals surface area contributed by atoms with Crippen molar-refractivity contribution >= 4 is 5.96 Å². The topological polar surface area (TPSA) is 54.9 Å². The molecule has 0 aliphatic heterocycles. The van der Waals surface area contributed by atoms with Gasteiger partial charge < -0.3 is 20.1 Å². The van der Waals surface area contributed by atoms with E-state index in [0.717, 1.165) is 38.1 Å². The number of halogens is 2. The monoisotopic (exact) mass is 369 g/mol. The van der Waals surface area contributed by atoms with Crippen LogP contribution in [-0.2, 0) is 4.74 Å². The molecule has 1 aliphatic rings. The predicted molar refractivity (Wildman–Crippen MR) is 98.6 cm³/mol. The average molecular weight is 369 g/mol. The fourth-order valence-corrected chi connectivity index (χ4v) is 2.99. The van der Waals surface area contributed by atoms with Gasteiger partial charge in [0, 0.05) is 32.9 Å². The van der Waals surface area contributed by atoms with Gasteiger partial charge >= 0.3 is 0 Å². The number of hydrogen-bond acceptors (Lipinski definition) is 3. The summed E-state index contributed by atoms with van der Waals surface area (Å²) in [5.41, 5.74) is 0.256. The number of aliphatic imine (C=N–C) groups is 1. The van der Waals surface area contributed by atoms with Crippen LogP contribution in [0.4, 0.5) is 8.78 Å². The molecule has 2 rings (SSSR count). The molecule has 1 aliphatic carbocycles. The van der Waals surface area contributed by atoms with Gasteiger partial charge in [-0.2, -0.15) is 0 Å². The fraction of sp³-hybridized carbons (Fsp3) is 0.632. The van der Waals surface area contributed by atoms with Gasteiger partial charge in [-0.25, -0.2) is 8.78 Å². The molecule has 146 valence electrons. The van der Waals surface area contributed by atoms with Crippen molar-refractivity contribution in [1.82, 2.24) is 10.6 Å². The second-order valence-electron chi connectivity index (χ2n) is 6.64. The minimum atomic E-state index is -0.698. The Morgan fingerprint density at radius 1 is 1.23 bits per heavy atom. The van der Waals surface area contributed by atoms with E-state index in [1.165, 1.54) is 31.4 Å². The second kappa shape index (κ2) is 10.3. The molecule has 1 fully saturated rings. The third-order valence-corrected chi connectivity index (χ3v) is 4.71. The van der Waals surface area contributed by atoms with Crippen molar-refractivity contribution in [2.45, 2.75) is 32.6 Å². The highest BCUT2D eigenvalue weighted by Gasteiger charge is 2.36. The molecule has 0 amide bonds. The third-order valence-electron chi connectivity index (χ3n) is 4.71. The van der Waals surface area contributed by atoms with E-state index in [-0.39, 0.29) is 17.8 Å². The summed E-state index contributed by atoms with van der Waals surface area (Å²) in [7, 11) is 1.73. The lowest BCUT2D eigenvalue weighted by Gasteiger charge is -2.40. The van der Waals surface area contributed by atoms with E-state index < -0.39 is 11.6 Å². The summed E-state index contributed by atoms with van der Waals surface area (Å²) in [5.74, 6) is -0.550. The number of ether oxygens (including phenoxy) is 2. The number of hydrogen-bond donors (Lipinski definition) is 2. The zero-order valence-corrected chi connectivity index (χ0v) is 15.6. The van der Waals surface area contributed by atoms with E-state index in [1.807, 2.05) is 6.92 Å². The smallest absolute Gasteiger partial charge is 0.191 e. The van der Waals surface area contributed by atoms with Crippen molar-refractivity contribution in [1.29, 1.82) is 0 Å². The second-order valence-corrected chi connectivity index (χ2v) is 6.64. The Kier molecular flexibility index (Phi) is 8.09. The fourth-order valence-electron chi connectivity index (χ4n) is 2.99. The summed E-state index contributed by atoms with van der Waals surface area (Å²) in [6, 6.07) is 3.28. The average Bonchev–Trinajstić information content (AvgIpc) is 2.58. The van der Waals surface area contributed by atoms with Gasteiger partial charge in [-0.1, -0.05) is 6.42 Å². The largest absolute Gasteiger partial charge is 0.489 e. The molecule has 0 saturated heterocycles. The summed E-state index contributed by atoms with van der Waals surface area (Å²) in [4.78, 5) is 4.69. The van der Waals surface area contributed by atoms with Crippen LogP contribution < -0.4 is 15.4 Å². The number of rotatable bonds is 10. The summed E-state index contributed by atoms with van der Waals surface area (Å²) >= 11 is 0. The molecule has 26 heavy (non-hydrogen) atoms. The summed E-state index contributed by atoms with van der Waals surface area (Å²) < 4.78 is 37.0. The van der Waals surface area contributed by atoms with Crippen LogP contribution in [0, 0.1) is 17.0 Å². The molecule has 0 atom stereocenters. The van der Waals surface area contributed by atoms with E-state index in [2.05, 4.69) is 10.6 Å². The quantitative estimate of drug-likeness (QED) is 0.378. The van der Waals surface area contributed by atoms with E-state index in [0.29, 0.717) is 6.54 Å². The molecule has 1 aromatic rings. The molecule has 5 nitrogen and oxygen atoms in total. The molecule has 0 spiro atoms. The van der Waals surface area contributed by atoms with Gasteiger partial charge in [-0.3, -0.25) is 4.99 Å². The predicted octanol–water partition coefficient (Wildman–Crippen LogP) is 3.11. The van der Waals surface area contributed by atoms with Crippen LogP contribution in [-0.4, -0.2) is 45.9 Å². The number of benzene rings is 1. The van der Waals surface area contributed by atoms with Gasteiger partial charge in [0.25, 0.3) is 0 Å². The van der Waals surface area contributed by atoms with Gasteiger partial charge in [-0.15, -0.1) is 0 Å². The third kappa shape index (κ3) is 6.12. The Bertz CT molecular complexity index is 592. The normalized spacial score (nSPS) is 16.1. The zero-order chi connectivity index (χ0) is 18.8. The molecule has 1 saturated carbocycles. The van der Waals surface area contributed by atoms with Gasteiger partial charge in [0.05, 0.1) is 6.54 Å². The summed E-state index contributed by atoms with van der Waals surface area (Å²) in [6.45, 7) is 5.00. The SMILES string of the molecule is CCNC(=NCC1(CCOC)CCC1)NCCOc1ccc(F)cc1F. The van der Waals surface area contributed by atoms with Gasteiger partial charge in [-0.05, 0) is 43.7 Å².